The molecule has 3 nitrogen and oxygen atoms in total. The highest BCUT2D eigenvalue weighted by atomic mass is 35.5. The molecule has 1 aromatic rings. The van der Waals surface area contributed by atoms with Gasteiger partial charge in [0.1, 0.15) is 5.82 Å². The molecular formula is C10H13ClFNO2S. The molecule has 2 N–H and O–H groups in total. The summed E-state index contributed by atoms with van der Waals surface area (Å²) in [7, 11) is -3.31. The van der Waals surface area contributed by atoms with E-state index in [0.717, 1.165) is 0 Å². The largest absolute Gasteiger partial charge is 0.330 e. The maximum Gasteiger partial charge on any atom is 0.154 e. The standard InChI is InChI=1S/C10H13ClFNO2S/c11-9-4-1-3-8(10(9)12)7-16(14,15)6-2-5-13/h1,3-4H,2,5-7,13H2. The molecule has 0 aliphatic carbocycles. The predicted octanol–water partition coefficient (Wildman–Crippen LogP) is 1.74. The molecule has 0 atom stereocenters. The first-order valence-corrected chi connectivity index (χ1v) is 6.99. The van der Waals surface area contributed by atoms with Crippen LogP contribution in [0.2, 0.25) is 5.02 Å². The van der Waals surface area contributed by atoms with Crippen LogP contribution in [0.5, 0.6) is 0 Å². The smallest absolute Gasteiger partial charge is 0.154 e. The molecule has 0 amide bonds. The molecule has 0 saturated carbocycles. The van der Waals surface area contributed by atoms with E-state index in [9.17, 15) is 12.8 Å². The molecule has 1 rings (SSSR count). The second-order valence-electron chi connectivity index (χ2n) is 3.45. The van der Waals surface area contributed by atoms with Crippen molar-refractivity contribution in [3.63, 3.8) is 0 Å². The van der Waals surface area contributed by atoms with Crippen LogP contribution in [0.4, 0.5) is 4.39 Å². The van der Waals surface area contributed by atoms with Crippen molar-refractivity contribution in [3.05, 3.63) is 34.6 Å². The van der Waals surface area contributed by atoms with E-state index in [4.69, 9.17) is 17.3 Å². The van der Waals surface area contributed by atoms with Crippen LogP contribution in [0.25, 0.3) is 0 Å². The number of hydrogen-bond donors (Lipinski definition) is 1. The first-order chi connectivity index (χ1) is 7.46. The molecule has 90 valence electrons. The minimum absolute atomic E-state index is 0.0323. The Balaban J connectivity index is 2.84. The van der Waals surface area contributed by atoms with Gasteiger partial charge in [0.05, 0.1) is 16.5 Å². The van der Waals surface area contributed by atoms with Gasteiger partial charge in [-0.1, -0.05) is 23.7 Å². The van der Waals surface area contributed by atoms with E-state index in [2.05, 4.69) is 0 Å². The average Bonchev–Trinajstić information content (AvgIpc) is 2.22. The molecule has 0 spiro atoms. The lowest BCUT2D eigenvalue weighted by molar-refractivity contribution is 0.585. The van der Waals surface area contributed by atoms with Crippen LogP contribution in [0, 0.1) is 5.82 Å². The summed E-state index contributed by atoms with van der Waals surface area (Å²) in [6.45, 7) is 0.303. The van der Waals surface area contributed by atoms with Gasteiger partial charge in [-0.05, 0) is 19.0 Å². The maximum absolute atomic E-state index is 13.4. The van der Waals surface area contributed by atoms with Crippen molar-refractivity contribution in [1.29, 1.82) is 0 Å². The molecule has 0 aliphatic heterocycles. The summed E-state index contributed by atoms with van der Waals surface area (Å²) < 4.78 is 36.5. The number of hydrogen-bond acceptors (Lipinski definition) is 3. The number of nitrogens with two attached hydrogens (primary N) is 1. The van der Waals surface area contributed by atoms with Crippen LogP contribution in [-0.4, -0.2) is 20.7 Å². The highest BCUT2D eigenvalue weighted by Crippen LogP contribution is 2.20. The molecular weight excluding hydrogens is 253 g/mol. The Bertz CT molecular complexity index is 462. The third-order valence-electron chi connectivity index (χ3n) is 2.07. The lowest BCUT2D eigenvalue weighted by atomic mass is 10.2. The molecule has 0 radical (unpaired) electrons. The quantitative estimate of drug-likeness (QED) is 0.882. The van der Waals surface area contributed by atoms with Crippen molar-refractivity contribution in [2.24, 2.45) is 5.73 Å². The lowest BCUT2D eigenvalue weighted by Gasteiger charge is -2.05. The average molecular weight is 266 g/mol. The third-order valence-corrected chi connectivity index (χ3v) is 4.02. The highest BCUT2D eigenvalue weighted by Gasteiger charge is 2.15. The molecule has 0 bridgehead atoms. The molecule has 1 aromatic carbocycles. The molecule has 0 aromatic heterocycles. The lowest BCUT2D eigenvalue weighted by Crippen LogP contribution is -2.14. The minimum atomic E-state index is -3.31. The van der Waals surface area contributed by atoms with Crippen LogP contribution >= 0.6 is 11.6 Å². The van der Waals surface area contributed by atoms with E-state index >= 15 is 0 Å². The van der Waals surface area contributed by atoms with E-state index in [1.807, 2.05) is 0 Å². The molecule has 0 unspecified atom stereocenters. The van der Waals surface area contributed by atoms with Crippen LogP contribution < -0.4 is 5.73 Å². The fourth-order valence-corrected chi connectivity index (χ4v) is 2.91. The number of sulfone groups is 1. The van der Waals surface area contributed by atoms with Gasteiger partial charge in [-0.2, -0.15) is 0 Å². The summed E-state index contributed by atoms with van der Waals surface area (Å²) >= 11 is 5.56. The normalized spacial score (nSPS) is 11.7. The van der Waals surface area contributed by atoms with Crippen molar-refractivity contribution in [2.75, 3.05) is 12.3 Å². The number of rotatable bonds is 5. The van der Waals surface area contributed by atoms with Gasteiger partial charge in [0.25, 0.3) is 0 Å². The fourth-order valence-electron chi connectivity index (χ4n) is 1.27. The summed E-state index contributed by atoms with van der Waals surface area (Å²) in [6.07, 6.45) is 0.379. The van der Waals surface area contributed by atoms with Crippen molar-refractivity contribution in [2.45, 2.75) is 12.2 Å². The molecule has 16 heavy (non-hydrogen) atoms. The summed E-state index contributed by atoms with van der Waals surface area (Å²) in [5, 5.41) is -0.0634. The molecule has 6 heteroatoms. The minimum Gasteiger partial charge on any atom is -0.330 e. The summed E-state index contributed by atoms with van der Waals surface area (Å²) in [5.41, 5.74) is 5.32. The van der Waals surface area contributed by atoms with Crippen molar-refractivity contribution >= 4 is 21.4 Å². The van der Waals surface area contributed by atoms with Crippen molar-refractivity contribution in [3.8, 4) is 0 Å². The van der Waals surface area contributed by atoms with Gasteiger partial charge in [-0.3, -0.25) is 0 Å². The van der Waals surface area contributed by atoms with Gasteiger partial charge in [0.2, 0.25) is 0 Å². The van der Waals surface area contributed by atoms with Crippen molar-refractivity contribution in [1.82, 2.24) is 0 Å². The van der Waals surface area contributed by atoms with E-state index < -0.39 is 15.7 Å². The highest BCUT2D eigenvalue weighted by molar-refractivity contribution is 7.90. The summed E-state index contributed by atoms with van der Waals surface area (Å²) in [6, 6.07) is 4.33. The Labute approximate surface area is 99.3 Å². The Morgan fingerprint density at radius 2 is 2.06 bits per heavy atom. The maximum atomic E-state index is 13.4. The first-order valence-electron chi connectivity index (χ1n) is 4.79. The monoisotopic (exact) mass is 265 g/mol. The van der Waals surface area contributed by atoms with E-state index in [-0.39, 0.29) is 22.1 Å². The number of halogens is 2. The van der Waals surface area contributed by atoms with Gasteiger partial charge >= 0.3 is 0 Å². The van der Waals surface area contributed by atoms with E-state index in [1.54, 1.807) is 0 Å². The SMILES string of the molecule is NCCCS(=O)(=O)Cc1cccc(Cl)c1F. The fraction of sp³-hybridized carbons (Fsp3) is 0.400. The van der Waals surface area contributed by atoms with Crippen molar-refractivity contribution < 1.29 is 12.8 Å². The zero-order valence-electron chi connectivity index (χ0n) is 8.62. The van der Waals surface area contributed by atoms with Gasteiger partial charge in [-0.15, -0.1) is 0 Å². The van der Waals surface area contributed by atoms with Crippen LogP contribution in [-0.2, 0) is 15.6 Å². The van der Waals surface area contributed by atoms with Gasteiger partial charge < -0.3 is 5.73 Å². The number of benzene rings is 1. The van der Waals surface area contributed by atoms with Crippen LogP contribution in [0.1, 0.15) is 12.0 Å². The second kappa shape index (κ2) is 5.61. The van der Waals surface area contributed by atoms with E-state index in [1.165, 1.54) is 18.2 Å². The topological polar surface area (TPSA) is 60.2 Å². The second-order valence-corrected chi connectivity index (χ2v) is 6.04. The van der Waals surface area contributed by atoms with Gasteiger partial charge in [-0.25, -0.2) is 12.8 Å². The zero-order valence-corrected chi connectivity index (χ0v) is 10.2. The summed E-state index contributed by atoms with van der Waals surface area (Å²) in [4.78, 5) is 0. The van der Waals surface area contributed by atoms with Gasteiger partial charge in [0, 0.05) is 5.56 Å². The molecule has 0 saturated heterocycles. The van der Waals surface area contributed by atoms with Crippen LogP contribution in [0.15, 0.2) is 18.2 Å². The Morgan fingerprint density at radius 3 is 2.69 bits per heavy atom. The van der Waals surface area contributed by atoms with E-state index in [0.29, 0.717) is 13.0 Å². The van der Waals surface area contributed by atoms with Crippen LogP contribution in [0.3, 0.4) is 0 Å². The zero-order chi connectivity index (χ0) is 12.2. The first kappa shape index (κ1) is 13.4. The molecule has 0 heterocycles. The molecule has 0 fully saturated rings. The summed E-state index contributed by atoms with van der Waals surface area (Å²) in [5.74, 6) is -1.03. The third kappa shape index (κ3) is 3.73. The molecule has 0 aliphatic rings. The Hall–Kier alpha value is -0.650. The van der Waals surface area contributed by atoms with Gasteiger partial charge in [0.15, 0.2) is 9.84 Å². The Morgan fingerprint density at radius 1 is 1.38 bits per heavy atom. The Kier molecular flexibility index (Phi) is 4.70. The predicted molar refractivity (Wildman–Crippen MR) is 62.6 cm³/mol.